The summed E-state index contributed by atoms with van der Waals surface area (Å²) in [6.07, 6.45) is 1.79. The smallest absolute Gasteiger partial charge is 0.409 e. The molecule has 1 aliphatic rings. The standard InChI is InChI=1S/C7H14N2O2.ClH/c1-11-7(10)9-4-2-3-6(9)5-8;/h6H,2-5,8H2,1H3;1H. The lowest BCUT2D eigenvalue weighted by Crippen LogP contribution is -2.39. The number of carbonyl (C=O) groups excluding carboxylic acids is 1. The van der Waals surface area contributed by atoms with E-state index in [1.165, 1.54) is 7.11 Å². The van der Waals surface area contributed by atoms with E-state index in [0.29, 0.717) is 6.54 Å². The lowest BCUT2D eigenvalue weighted by atomic mass is 10.2. The maximum atomic E-state index is 11.0. The van der Waals surface area contributed by atoms with E-state index >= 15 is 0 Å². The zero-order valence-corrected chi connectivity index (χ0v) is 7.97. The molecule has 1 aliphatic heterocycles. The number of halogens is 1. The average Bonchev–Trinajstić information content (AvgIpc) is 2.50. The summed E-state index contributed by atoms with van der Waals surface area (Å²) in [6.45, 7) is 1.32. The molecule has 72 valence electrons. The van der Waals surface area contributed by atoms with Crippen molar-refractivity contribution in [1.82, 2.24) is 4.90 Å². The van der Waals surface area contributed by atoms with E-state index in [9.17, 15) is 4.79 Å². The van der Waals surface area contributed by atoms with Crippen LogP contribution in [0, 0.1) is 0 Å². The molecule has 4 nitrogen and oxygen atoms in total. The zero-order valence-electron chi connectivity index (χ0n) is 7.16. The first-order valence-electron chi connectivity index (χ1n) is 3.84. The number of ether oxygens (including phenoxy) is 1. The highest BCUT2D eigenvalue weighted by Gasteiger charge is 2.27. The molecule has 2 N–H and O–H groups in total. The van der Waals surface area contributed by atoms with Gasteiger partial charge in [0.15, 0.2) is 0 Å². The van der Waals surface area contributed by atoms with Crippen LogP contribution in [0.4, 0.5) is 4.79 Å². The Morgan fingerprint density at radius 1 is 1.75 bits per heavy atom. The second-order valence-electron chi connectivity index (χ2n) is 2.70. The third-order valence-corrected chi connectivity index (χ3v) is 2.06. The molecule has 0 aromatic heterocycles. The van der Waals surface area contributed by atoms with Crippen molar-refractivity contribution in [2.24, 2.45) is 5.73 Å². The molecular formula is C7H15ClN2O2. The van der Waals surface area contributed by atoms with Crippen molar-refractivity contribution in [1.29, 1.82) is 0 Å². The van der Waals surface area contributed by atoms with Crippen molar-refractivity contribution < 1.29 is 9.53 Å². The molecule has 1 atom stereocenters. The highest BCUT2D eigenvalue weighted by Crippen LogP contribution is 2.16. The van der Waals surface area contributed by atoms with E-state index in [0.717, 1.165) is 19.4 Å². The Hall–Kier alpha value is -0.480. The summed E-state index contributed by atoms with van der Waals surface area (Å²) in [5, 5.41) is 0. The van der Waals surface area contributed by atoms with Crippen LogP contribution in [0.2, 0.25) is 0 Å². The van der Waals surface area contributed by atoms with Gasteiger partial charge in [-0.3, -0.25) is 0 Å². The highest BCUT2D eigenvalue weighted by molar-refractivity contribution is 5.85. The Morgan fingerprint density at radius 2 is 2.42 bits per heavy atom. The van der Waals surface area contributed by atoms with E-state index < -0.39 is 0 Å². The molecular weight excluding hydrogens is 180 g/mol. The number of hydrogen-bond acceptors (Lipinski definition) is 3. The zero-order chi connectivity index (χ0) is 8.27. The molecule has 1 amide bonds. The minimum absolute atomic E-state index is 0. The van der Waals surface area contributed by atoms with E-state index in [1.807, 2.05) is 0 Å². The lowest BCUT2D eigenvalue weighted by molar-refractivity contribution is 0.120. The third-order valence-electron chi connectivity index (χ3n) is 2.06. The molecule has 0 aromatic carbocycles. The number of likely N-dealkylation sites (tertiary alicyclic amines) is 1. The van der Waals surface area contributed by atoms with Crippen molar-refractivity contribution in [3.8, 4) is 0 Å². The number of nitrogens with two attached hydrogens (primary N) is 1. The summed E-state index contributed by atoms with van der Waals surface area (Å²) < 4.78 is 4.60. The van der Waals surface area contributed by atoms with Crippen LogP contribution in [-0.2, 0) is 4.74 Å². The Kier molecular flexibility index (Phi) is 5.01. The molecule has 0 spiro atoms. The van der Waals surface area contributed by atoms with Gasteiger partial charge in [-0.25, -0.2) is 4.79 Å². The van der Waals surface area contributed by atoms with Crippen LogP contribution in [0.3, 0.4) is 0 Å². The lowest BCUT2D eigenvalue weighted by Gasteiger charge is -2.21. The molecule has 1 saturated heterocycles. The third kappa shape index (κ3) is 2.25. The van der Waals surface area contributed by atoms with Crippen molar-refractivity contribution >= 4 is 18.5 Å². The molecule has 1 rings (SSSR count). The van der Waals surface area contributed by atoms with Gasteiger partial charge in [0.1, 0.15) is 0 Å². The van der Waals surface area contributed by atoms with Crippen LogP contribution in [0.5, 0.6) is 0 Å². The second-order valence-corrected chi connectivity index (χ2v) is 2.70. The molecule has 0 aliphatic carbocycles. The predicted octanol–water partition coefficient (Wildman–Crippen LogP) is 0.598. The fourth-order valence-corrected chi connectivity index (χ4v) is 1.44. The Balaban J connectivity index is 0.00000121. The molecule has 12 heavy (non-hydrogen) atoms. The molecule has 0 bridgehead atoms. The first-order chi connectivity index (χ1) is 5.29. The number of hydrogen-bond donors (Lipinski definition) is 1. The maximum absolute atomic E-state index is 11.0. The van der Waals surface area contributed by atoms with Crippen molar-refractivity contribution in [3.63, 3.8) is 0 Å². The summed E-state index contributed by atoms with van der Waals surface area (Å²) in [6, 6.07) is 0.197. The first-order valence-corrected chi connectivity index (χ1v) is 3.84. The predicted molar refractivity (Wildman–Crippen MR) is 48.4 cm³/mol. The maximum Gasteiger partial charge on any atom is 0.409 e. The fraction of sp³-hybridized carbons (Fsp3) is 0.857. The molecule has 1 heterocycles. The quantitative estimate of drug-likeness (QED) is 0.665. The van der Waals surface area contributed by atoms with Gasteiger partial charge in [0.25, 0.3) is 0 Å². The van der Waals surface area contributed by atoms with Crippen LogP contribution in [0.1, 0.15) is 12.8 Å². The Labute approximate surface area is 78.5 Å². The summed E-state index contributed by atoms with van der Waals surface area (Å²) >= 11 is 0. The van der Waals surface area contributed by atoms with Gasteiger partial charge in [0.05, 0.1) is 7.11 Å². The minimum Gasteiger partial charge on any atom is -0.453 e. The second kappa shape index (κ2) is 5.22. The van der Waals surface area contributed by atoms with Crippen molar-refractivity contribution in [2.75, 3.05) is 20.2 Å². The van der Waals surface area contributed by atoms with Crippen LogP contribution in [0.15, 0.2) is 0 Å². The summed E-state index contributed by atoms with van der Waals surface area (Å²) in [4.78, 5) is 12.7. The van der Waals surface area contributed by atoms with E-state index in [1.54, 1.807) is 4.90 Å². The highest BCUT2D eigenvalue weighted by atomic mass is 35.5. The van der Waals surface area contributed by atoms with Gasteiger partial charge in [-0.15, -0.1) is 12.4 Å². The van der Waals surface area contributed by atoms with Gasteiger partial charge in [-0.1, -0.05) is 0 Å². The number of amides is 1. The number of methoxy groups -OCH3 is 1. The Bertz CT molecular complexity index is 154. The first kappa shape index (κ1) is 11.5. The summed E-state index contributed by atoms with van der Waals surface area (Å²) in [5.74, 6) is 0. The van der Waals surface area contributed by atoms with Crippen LogP contribution >= 0.6 is 12.4 Å². The molecule has 1 unspecified atom stereocenters. The van der Waals surface area contributed by atoms with Gasteiger partial charge < -0.3 is 15.4 Å². The molecule has 0 aromatic rings. The average molecular weight is 195 g/mol. The van der Waals surface area contributed by atoms with E-state index in [2.05, 4.69) is 4.74 Å². The molecule has 5 heteroatoms. The van der Waals surface area contributed by atoms with Gasteiger partial charge >= 0.3 is 6.09 Å². The molecule has 0 radical (unpaired) electrons. The summed E-state index contributed by atoms with van der Waals surface area (Å²) in [5.41, 5.74) is 5.47. The van der Waals surface area contributed by atoms with Crippen LogP contribution in [0.25, 0.3) is 0 Å². The largest absolute Gasteiger partial charge is 0.453 e. The molecule has 0 saturated carbocycles. The van der Waals surface area contributed by atoms with Gasteiger partial charge in [0, 0.05) is 19.1 Å². The monoisotopic (exact) mass is 194 g/mol. The SMILES string of the molecule is COC(=O)N1CCCC1CN.Cl. The van der Waals surface area contributed by atoms with E-state index in [4.69, 9.17) is 5.73 Å². The molecule has 1 fully saturated rings. The number of carbonyl (C=O) groups is 1. The normalized spacial score (nSPS) is 21.8. The van der Waals surface area contributed by atoms with Gasteiger partial charge in [-0.2, -0.15) is 0 Å². The topological polar surface area (TPSA) is 55.6 Å². The van der Waals surface area contributed by atoms with Gasteiger partial charge in [-0.05, 0) is 12.8 Å². The van der Waals surface area contributed by atoms with Crippen molar-refractivity contribution in [3.05, 3.63) is 0 Å². The number of nitrogens with zero attached hydrogens (tertiary/aromatic N) is 1. The number of rotatable bonds is 1. The summed E-state index contributed by atoms with van der Waals surface area (Å²) in [7, 11) is 1.40. The van der Waals surface area contributed by atoms with Crippen LogP contribution < -0.4 is 5.73 Å². The van der Waals surface area contributed by atoms with E-state index in [-0.39, 0.29) is 24.5 Å². The van der Waals surface area contributed by atoms with Gasteiger partial charge in [0.2, 0.25) is 0 Å². The van der Waals surface area contributed by atoms with Crippen LogP contribution in [-0.4, -0.2) is 37.2 Å². The fourth-order valence-electron chi connectivity index (χ4n) is 1.44. The minimum atomic E-state index is -0.252. The Morgan fingerprint density at radius 3 is 2.92 bits per heavy atom. The van der Waals surface area contributed by atoms with Crippen molar-refractivity contribution in [2.45, 2.75) is 18.9 Å².